The van der Waals surface area contributed by atoms with Crippen molar-refractivity contribution in [3.8, 4) is 0 Å². The van der Waals surface area contributed by atoms with Crippen molar-refractivity contribution in [1.82, 2.24) is 10.2 Å². The average molecular weight is 234 g/mol. The molecule has 2 rings (SSSR count). The molecule has 0 unspecified atom stereocenters. The Morgan fingerprint density at radius 2 is 1.88 bits per heavy atom. The molecule has 94 valence electrons. The lowest BCUT2D eigenvalue weighted by molar-refractivity contribution is 0.0594. The van der Waals surface area contributed by atoms with E-state index in [2.05, 4.69) is 41.4 Å². The third kappa shape index (κ3) is 3.53. The number of nitrogens with one attached hydrogen (secondary N) is 1. The van der Waals surface area contributed by atoms with Gasteiger partial charge in [-0.25, -0.2) is 0 Å². The van der Waals surface area contributed by atoms with Crippen LogP contribution in [-0.2, 0) is 4.74 Å². The van der Waals surface area contributed by atoms with Crippen LogP contribution in [0.2, 0.25) is 0 Å². The lowest BCUT2D eigenvalue weighted by Gasteiger charge is -2.30. The fourth-order valence-corrected chi connectivity index (χ4v) is 2.23. The summed E-state index contributed by atoms with van der Waals surface area (Å²) in [6, 6.07) is 8.65. The SMILES string of the molecule is CO[C@H](CN1CCNCC1)c1ccc(C)cc1. The monoisotopic (exact) mass is 234 g/mol. The Morgan fingerprint density at radius 1 is 1.24 bits per heavy atom. The summed E-state index contributed by atoms with van der Waals surface area (Å²) in [6.07, 6.45) is 0.189. The summed E-state index contributed by atoms with van der Waals surface area (Å²) in [6.45, 7) is 7.51. The summed E-state index contributed by atoms with van der Waals surface area (Å²) < 4.78 is 5.62. The molecule has 1 aliphatic rings. The van der Waals surface area contributed by atoms with Gasteiger partial charge in [0.1, 0.15) is 0 Å². The molecule has 1 aromatic rings. The third-order valence-corrected chi connectivity index (χ3v) is 3.37. The van der Waals surface area contributed by atoms with Crippen LogP contribution in [0.15, 0.2) is 24.3 Å². The molecule has 1 fully saturated rings. The van der Waals surface area contributed by atoms with Gasteiger partial charge in [-0.2, -0.15) is 0 Å². The van der Waals surface area contributed by atoms with Gasteiger partial charge in [0, 0.05) is 39.8 Å². The maximum absolute atomic E-state index is 5.62. The maximum atomic E-state index is 5.62. The molecule has 0 spiro atoms. The van der Waals surface area contributed by atoms with Gasteiger partial charge in [0.15, 0.2) is 0 Å². The molecule has 0 saturated carbocycles. The molecular formula is C14H22N2O. The Hall–Kier alpha value is -0.900. The summed E-state index contributed by atoms with van der Waals surface area (Å²) in [5, 5.41) is 3.37. The van der Waals surface area contributed by atoms with Gasteiger partial charge >= 0.3 is 0 Å². The van der Waals surface area contributed by atoms with Gasteiger partial charge in [0.2, 0.25) is 0 Å². The molecule has 1 aliphatic heterocycles. The Balaban J connectivity index is 1.97. The minimum atomic E-state index is 0.189. The minimum Gasteiger partial charge on any atom is -0.375 e. The van der Waals surface area contributed by atoms with E-state index in [-0.39, 0.29) is 6.10 Å². The predicted octanol–water partition coefficient (Wildman–Crippen LogP) is 1.59. The van der Waals surface area contributed by atoms with Crippen molar-refractivity contribution in [1.29, 1.82) is 0 Å². The molecular weight excluding hydrogens is 212 g/mol. The average Bonchev–Trinajstić information content (AvgIpc) is 2.38. The van der Waals surface area contributed by atoms with Gasteiger partial charge in [0.25, 0.3) is 0 Å². The standard InChI is InChI=1S/C14H22N2O/c1-12-3-5-13(6-4-12)14(17-2)11-16-9-7-15-8-10-16/h3-6,14-15H,7-11H2,1-2H3/t14-/m1/s1. The molecule has 1 aromatic carbocycles. The van der Waals surface area contributed by atoms with E-state index in [4.69, 9.17) is 4.74 Å². The maximum Gasteiger partial charge on any atom is 0.0947 e. The van der Waals surface area contributed by atoms with Crippen molar-refractivity contribution in [2.45, 2.75) is 13.0 Å². The van der Waals surface area contributed by atoms with Gasteiger partial charge in [-0.3, -0.25) is 4.90 Å². The number of nitrogens with zero attached hydrogens (tertiary/aromatic N) is 1. The van der Waals surface area contributed by atoms with Gasteiger partial charge in [0.05, 0.1) is 6.10 Å². The summed E-state index contributed by atoms with van der Waals surface area (Å²) in [5.74, 6) is 0. The summed E-state index contributed by atoms with van der Waals surface area (Å²) in [7, 11) is 1.80. The number of hydrogen-bond donors (Lipinski definition) is 1. The fourth-order valence-electron chi connectivity index (χ4n) is 2.23. The van der Waals surface area contributed by atoms with Crippen LogP contribution in [0.4, 0.5) is 0 Å². The van der Waals surface area contributed by atoms with Crippen LogP contribution in [0.5, 0.6) is 0 Å². The normalized spacial score (nSPS) is 19.2. The Labute approximate surface area is 104 Å². The lowest BCUT2D eigenvalue weighted by Crippen LogP contribution is -2.45. The third-order valence-electron chi connectivity index (χ3n) is 3.37. The lowest BCUT2D eigenvalue weighted by atomic mass is 10.1. The van der Waals surface area contributed by atoms with E-state index in [0.717, 1.165) is 32.7 Å². The Kier molecular flexibility index (Phi) is 4.54. The van der Waals surface area contributed by atoms with Crippen LogP contribution in [0.3, 0.4) is 0 Å². The molecule has 1 N–H and O–H groups in total. The fraction of sp³-hybridized carbons (Fsp3) is 0.571. The van der Waals surface area contributed by atoms with Crippen molar-refractivity contribution in [2.24, 2.45) is 0 Å². The highest BCUT2D eigenvalue weighted by atomic mass is 16.5. The zero-order chi connectivity index (χ0) is 12.1. The van der Waals surface area contributed by atoms with Crippen molar-refractivity contribution in [3.63, 3.8) is 0 Å². The molecule has 3 heteroatoms. The highest BCUT2D eigenvalue weighted by Gasteiger charge is 2.17. The smallest absolute Gasteiger partial charge is 0.0947 e. The van der Waals surface area contributed by atoms with Gasteiger partial charge < -0.3 is 10.1 Å². The highest BCUT2D eigenvalue weighted by molar-refractivity contribution is 5.23. The second-order valence-corrected chi connectivity index (χ2v) is 4.69. The molecule has 1 heterocycles. The first-order chi connectivity index (χ1) is 8.29. The van der Waals surface area contributed by atoms with Crippen LogP contribution < -0.4 is 5.32 Å². The topological polar surface area (TPSA) is 24.5 Å². The number of benzene rings is 1. The second kappa shape index (κ2) is 6.15. The van der Waals surface area contributed by atoms with Crippen molar-refractivity contribution < 1.29 is 4.74 Å². The van der Waals surface area contributed by atoms with Gasteiger partial charge in [-0.05, 0) is 12.5 Å². The molecule has 17 heavy (non-hydrogen) atoms. The number of piperazine rings is 1. The van der Waals surface area contributed by atoms with E-state index < -0.39 is 0 Å². The summed E-state index contributed by atoms with van der Waals surface area (Å²) >= 11 is 0. The van der Waals surface area contributed by atoms with E-state index in [1.807, 2.05) is 0 Å². The van der Waals surface area contributed by atoms with Crippen LogP contribution in [0.1, 0.15) is 17.2 Å². The molecule has 0 aromatic heterocycles. The van der Waals surface area contributed by atoms with Crippen LogP contribution in [0.25, 0.3) is 0 Å². The van der Waals surface area contributed by atoms with E-state index in [9.17, 15) is 0 Å². The van der Waals surface area contributed by atoms with Crippen LogP contribution >= 0.6 is 0 Å². The van der Waals surface area contributed by atoms with E-state index >= 15 is 0 Å². The summed E-state index contributed by atoms with van der Waals surface area (Å²) in [4.78, 5) is 2.46. The zero-order valence-corrected chi connectivity index (χ0v) is 10.8. The number of methoxy groups -OCH3 is 1. The molecule has 0 aliphatic carbocycles. The second-order valence-electron chi connectivity index (χ2n) is 4.69. The van der Waals surface area contributed by atoms with E-state index in [0.29, 0.717) is 0 Å². The number of rotatable bonds is 4. The molecule has 3 nitrogen and oxygen atoms in total. The molecule has 0 bridgehead atoms. The van der Waals surface area contributed by atoms with Crippen molar-refractivity contribution in [2.75, 3.05) is 39.8 Å². The van der Waals surface area contributed by atoms with Crippen LogP contribution in [0, 0.1) is 6.92 Å². The molecule has 0 radical (unpaired) electrons. The largest absolute Gasteiger partial charge is 0.375 e. The van der Waals surface area contributed by atoms with Crippen molar-refractivity contribution in [3.05, 3.63) is 35.4 Å². The Bertz CT molecular complexity index is 331. The first-order valence-corrected chi connectivity index (χ1v) is 6.32. The van der Waals surface area contributed by atoms with Gasteiger partial charge in [-0.15, -0.1) is 0 Å². The highest BCUT2D eigenvalue weighted by Crippen LogP contribution is 2.18. The van der Waals surface area contributed by atoms with E-state index in [1.165, 1.54) is 11.1 Å². The number of hydrogen-bond acceptors (Lipinski definition) is 3. The summed E-state index contributed by atoms with van der Waals surface area (Å²) in [5.41, 5.74) is 2.57. The first kappa shape index (κ1) is 12.6. The molecule has 0 amide bonds. The van der Waals surface area contributed by atoms with Gasteiger partial charge in [-0.1, -0.05) is 29.8 Å². The number of aryl methyl sites for hydroxylation is 1. The van der Waals surface area contributed by atoms with Crippen molar-refractivity contribution >= 4 is 0 Å². The Morgan fingerprint density at radius 3 is 2.47 bits per heavy atom. The number of ether oxygens (including phenoxy) is 1. The molecule has 1 atom stereocenters. The van der Waals surface area contributed by atoms with Crippen LogP contribution in [-0.4, -0.2) is 44.7 Å². The first-order valence-electron chi connectivity index (χ1n) is 6.32. The zero-order valence-electron chi connectivity index (χ0n) is 10.8. The quantitative estimate of drug-likeness (QED) is 0.856. The molecule has 1 saturated heterocycles. The minimum absolute atomic E-state index is 0.189. The van der Waals surface area contributed by atoms with E-state index in [1.54, 1.807) is 7.11 Å². The predicted molar refractivity (Wildman–Crippen MR) is 70.2 cm³/mol.